The van der Waals surface area contributed by atoms with Gasteiger partial charge in [0.2, 0.25) is 0 Å². The van der Waals surface area contributed by atoms with Gasteiger partial charge in [0.25, 0.3) is 0 Å². The Kier molecular flexibility index (Phi) is 4.38. The third kappa shape index (κ3) is 3.60. The fourth-order valence-corrected chi connectivity index (χ4v) is 3.65. The van der Waals surface area contributed by atoms with Gasteiger partial charge >= 0.3 is 0 Å². The Morgan fingerprint density at radius 3 is 2.83 bits per heavy atom. The topological polar surface area (TPSA) is 44.0 Å². The summed E-state index contributed by atoms with van der Waals surface area (Å²) in [6, 6.07) is 8.80. The lowest BCUT2D eigenvalue weighted by Gasteiger charge is -2.15. The molecule has 0 amide bonds. The van der Waals surface area contributed by atoms with Crippen molar-refractivity contribution in [2.24, 2.45) is 5.92 Å². The number of aromatic nitrogens is 2. The summed E-state index contributed by atoms with van der Waals surface area (Å²) in [6.07, 6.45) is 6.08. The number of nitrogens with zero attached hydrogens (tertiary/aromatic N) is 2. The molecule has 2 aliphatic rings. The zero-order valence-electron chi connectivity index (χ0n) is 13.3. The Morgan fingerprint density at radius 2 is 2.04 bits per heavy atom. The van der Waals surface area contributed by atoms with Gasteiger partial charge in [-0.3, -0.25) is 5.10 Å². The number of nitrogens with one attached hydrogen (secondary N) is 2. The first-order chi connectivity index (χ1) is 11.3. The number of likely N-dealkylation sites (tertiary alicyclic amines) is 1. The van der Waals surface area contributed by atoms with Crippen molar-refractivity contribution < 1.29 is 0 Å². The largest absolute Gasteiger partial charge is 0.312 e. The van der Waals surface area contributed by atoms with Crippen LogP contribution in [0.4, 0.5) is 0 Å². The first-order valence-electron chi connectivity index (χ1n) is 8.52. The molecule has 2 N–H and O–H groups in total. The minimum Gasteiger partial charge on any atom is -0.312 e. The lowest BCUT2D eigenvalue weighted by molar-refractivity contribution is 0.312. The number of rotatable bonds is 6. The van der Waals surface area contributed by atoms with E-state index in [0.29, 0.717) is 0 Å². The van der Waals surface area contributed by atoms with Gasteiger partial charge in [-0.15, -0.1) is 0 Å². The van der Waals surface area contributed by atoms with Gasteiger partial charge in [-0.05, 0) is 56.0 Å². The molecule has 1 aromatic heterocycles. The molecule has 0 spiro atoms. The standard InChI is InChI=1S/C18H23ClN4/c19-16-3-1-14(2-4-16)18-15(11-21-22-18)10-20-9-13-7-8-23(12-13)17-5-6-17/h1-4,11,13,17,20H,5-10,12H2,(H,21,22). The van der Waals surface area contributed by atoms with E-state index in [4.69, 9.17) is 11.6 Å². The molecule has 5 heteroatoms. The van der Waals surface area contributed by atoms with Gasteiger partial charge in [-0.25, -0.2) is 0 Å². The third-order valence-electron chi connectivity index (χ3n) is 4.98. The molecule has 1 aromatic carbocycles. The molecular weight excluding hydrogens is 308 g/mol. The van der Waals surface area contributed by atoms with Crippen LogP contribution >= 0.6 is 11.6 Å². The van der Waals surface area contributed by atoms with E-state index in [0.717, 1.165) is 41.3 Å². The van der Waals surface area contributed by atoms with Crippen molar-refractivity contribution >= 4 is 11.6 Å². The van der Waals surface area contributed by atoms with E-state index in [2.05, 4.69) is 20.4 Å². The van der Waals surface area contributed by atoms with Crippen LogP contribution in [0.1, 0.15) is 24.8 Å². The highest BCUT2D eigenvalue weighted by atomic mass is 35.5. The number of hydrogen-bond acceptors (Lipinski definition) is 3. The van der Waals surface area contributed by atoms with Crippen LogP contribution in [0.5, 0.6) is 0 Å². The van der Waals surface area contributed by atoms with Gasteiger partial charge in [0, 0.05) is 29.7 Å². The molecule has 1 saturated carbocycles. The highest BCUT2D eigenvalue weighted by molar-refractivity contribution is 6.30. The Balaban J connectivity index is 1.31. The van der Waals surface area contributed by atoms with Crippen LogP contribution in [0.3, 0.4) is 0 Å². The van der Waals surface area contributed by atoms with E-state index in [1.807, 2.05) is 30.5 Å². The Labute approximate surface area is 142 Å². The second-order valence-electron chi connectivity index (χ2n) is 6.79. The normalized spacial score (nSPS) is 21.9. The molecule has 2 fully saturated rings. The summed E-state index contributed by atoms with van der Waals surface area (Å²) in [4.78, 5) is 2.67. The molecule has 4 rings (SSSR count). The fraction of sp³-hybridized carbons (Fsp3) is 0.500. The van der Waals surface area contributed by atoms with Gasteiger partial charge in [-0.1, -0.05) is 23.7 Å². The van der Waals surface area contributed by atoms with E-state index in [1.165, 1.54) is 37.9 Å². The Hall–Kier alpha value is -1.36. The van der Waals surface area contributed by atoms with Gasteiger partial charge in [-0.2, -0.15) is 5.10 Å². The second kappa shape index (κ2) is 6.63. The van der Waals surface area contributed by atoms with E-state index in [-0.39, 0.29) is 0 Å². The van der Waals surface area contributed by atoms with E-state index in [9.17, 15) is 0 Å². The SMILES string of the molecule is Clc1ccc(-c2[nH]ncc2CNCC2CCN(C3CC3)C2)cc1. The summed E-state index contributed by atoms with van der Waals surface area (Å²) in [7, 11) is 0. The van der Waals surface area contributed by atoms with Crippen molar-refractivity contribution in [1.82, 2.24) is 20.4 Å². The first-order valence-corrected chi connectivity index (χ1v) is 8.90. The van der Waals surface area contributed by atoms with Crippen molar-refractivity contribution in [2.45, 2.75) is 31.8 Å². The second-order valence-corrected chi connectivity index (χ2v) is 7.23. The minimum atomic E-state index is 0.759. The van der Waals surface area contributed by atoms with Gasteiger partial charge < -0.3 is 10.2 Å². The third-order valence-corrected chi connectivity index (χ3v) is 5.23. The summed E-state index contributed by atoms with van der Waals surface area (Å²) in [5.74, 6) is 0.793. The first kappa shape index (κ1) is 15.2. The van der Waals surface area contributed by atoms with Crippen molar-refractivity contribution in [1.29, 1.82) is 0 Å². The molecular formula is C18H23ClN4. The number of hydrogen-bond donors (Lipinski definition) is 2. The van der Waals surface area contributed by atoms with Crippen molar-refractivity contribution in [3.8, 4) is 11.3 Å². The zero-order valence-corrected chi connectivity index (χ0v) is 14.0. The predicted octanol–water partition coefficient (Wildman–Crippen LogP) is 3.30. The molecule has 2 aromatic rings. The van der Waals surface area contributed by atoms with Crippen LogP contribution in [-0.2, 0) is 6.54 Å². The van der Waals surface area contributed by atoms with Gasteiger partial charge in [0.1, 0.15) is 0 Å². The summed E-state index contributed by atoms with van der Waals surface area (Å²) in [5.41, 5.74) is 3.43. The fourth-order valence-electron chi connectivity index (χ4n) is 3.52. The van der Waals surface area contributed by atoms with Crippen molar-refractivity contribution in [3.63, 3.8) is 0 Å². The quantitative estimate of drug-likeness (QED) is 0.854. The predicted molar refractivity (Wildman–Crippen MR) is 93.4 cm³/mol. The average Bonchev–Trinajstić information content (AvgIpc) is 3.12. The maximum Gasteiger partial charge on any atom is 0.0695 e. The van der Waals surface area contributed by atoms with E-state index < -0.39 is 0 Å². The maximum atomic E-state index is 5.97. The molecule has 23 heavy (non-hydrogen) atoms. The van der Waals surface area contributed by atoms with Crippen LogP contribution in [-0.4, -0.2) is 40.8 Å². The molecule has 1 saturated heterocycles. The number of halogens is 1. The van der Waals surface area contributed by atoms with Gasteiger partial charge in [0.05, 0.1) is 11.9 Å². The monoisotopic (exact) mass is 330 g/mol. The molecule has 2 heterocycles. The number of aromatic amines is 1. The van der Waals surface area contributed by atoms with E-state index >= 15 is 0 Å². The smallest absolute Gasteiger partial charge is 0.0695 e. The molecule has 4 nitrogen and oxygen atoms in total. The minimum absolute atomic E-state index is 0.759. The molecule has 1 unspecified atom stereocenters. The Bertz CT molecular complexity index is 647. The van der Waals surface area contributed by atoms with Crippen molar-refractivity contribution in [2.75, 3.05) is 19.6 Å². The molecule has 1 atom stereocenters. The molecule has 122 valence electrons. The van der Waals surface area contributed by atoms with Crippen LogP contribution < -0.4 is 5.32 Å². The van der Waals surface area contributed by atoms with Gasteiger partial charge in [0.15, 0.2) is 0 Å². The molecule has 1 aliphatic carbocycles. The average molecular weight is 331 g/mol. The maximum absolute atomic E-state index is 5.97. The highest BCUT2D eigenvalue weighted by Crippen LogP contribution is 2.31. The summed E-state index contributed by atoms with van der Waals surface area (Å²) < 4.78 is 0. The van der Waals surface area contributed by atoms with E-state index in [1.54, 1.807) is 0 Å². The molecule has 0 radical (unpaired) electrons. The van der Waals surface area contributed by atoms with Crippen LogP contribution in [0.2, 0.25) is 5.02 Å². The zero-order chi connectivity index (χ0) is 15.6. The summed E-state index contributed by atoms with van der Waals surface area (Å²) in [5, 5.41) is 11.7. The van der Waals surface area contributed by atoms with Crippen molar-refractivity contribution in [3.05, 3.63) is 41.0 Å². The number of benzene rings is 1. The Morgan fingerprint density at radius 1 is 1.22 bits per heavy atom. The number of H-pyrrole nitrogens is 1. The van der Waals surface area contributed by atoms with Crippen LogP contribution in [0.15, 0.2) is 30.5 Å². The molecule has 1 aliphatic heterocycles. The molecule has 0 bridgehead atoms. The van der Waals surface area contributed by atoms with Crippen LogP contribution in [0.25, 0.3) is 11.3 Å². The highest BCUT2D eigenvalue weighted by Gasteiger charge is 2.33. The van der Waals surface area contributed by atoms with Crippen LogP contribution in [0, 0.1) is 5.92 Å². The summed E-state index contributed by atoms with van der Waals surface area (Å²) >= 11 is 5.97. The lowest BCUT2D eigenvalue weighted by atomic mass is 10.1. The lowest BCUT2D eigenvalue weighted by Crippen LogP contribution is -2.27. The summed E-state index contributed by atoms with van der Waals surface area (Å²) in [6.45, 7) is 4.51.